The van der Waals surface area contributed by atoms with Gasteiger partial charge in [-0.25, -0.2) is 8.42 Å². The van der Waals surface area contributed by atoms with Crippen LogP contribution >= 0.6 is 11.6 Å². The molecular formula is C27H29ClN4O6S. The summed E-state index contributed by atoms with van der Waals surface area (Å²) in [6.45, 7) is 1.32. The van der Waals surface area contributed by atoms with Crippen LogP contribution in [0.2, 0.25) is 5.02 Å². The van der Waals surface area contributed by atoms with Crippen LogP contribution in [-0.4, -0.2) is 55.4 Å². The molecule has 2 amide bonds. The third-order valence-corrected chi connectivity index (χ3v) is 7.44. The van der Waals surface area contributed by atoms with Gasteiger partial charge in [-0.3, -0.25) is 24.0 Å². The van der Waals surface area contributed by atoms with Crippen LogP contribution < -0.4 is 9.62 Å². The molecule has 3 aromatic carbocycles. The summed E-state index contributed by atoms with van der Waals surface area (Å²) in [5.74, 6) is -1.10. The van der Waals surface area contributed by atoms with E-state index in [4.69, 9.17) is 11.6 Å². The van der Waals surface area contributed by atoms with E-state index in [1.807, 2.05) is 30.3 Å². The van der Waals surface area contributed by atoms with Crippen LogP contribution in [0.5, 0.6) is 0 Å². The van der Waals surface area contributed by atoms with E-state index < -0.39 is 39.3 Å². The Hall–Kier alpha value is -3.96. The number of benzene rings is 3. The number of anilines is 1. The highest BCUT2D eigenvalue weighted by molar-refractivity contribution is 7.92. The van der Waals surface area contributed by atoms with Gasteiger partial charge in [0.05, 0.1) is 16.9 Å². The summed E-state index contributed by atoms with van der Waals surface area (Å²) in [7, 11) is -4.05. The second kappa shape index (κ2) is 13.2. The largest absolute Gasteiger partial charge is 0.355 e. The molecule has 0 fully saturated rings. The quantitative estimate of drug-likeness (QED) is 0.260. The monoisotopic (exact) mass is 572 g/mol. The molecule has 1 N–H and O–H groups in total. The molecule has 206 valence electrons. The first-order valence-corrected chi connectivity index (χ1v) is 14.3. The molecule has 1 unspecified atom stereocenters. The lowest BCUT2D eigenvalue weighted by atomic mass is 10.0. The standard InChI is InChI=1S/C27H29ClN4O6S/c1-3-29-27(34)25(16-20-10-5-4-6-11-20)30(18-21-12-7-8-15-24(21)28)26(33)19-31(39(2,37)38)22-13-9-14-23(17-22)32(35)36/h4-15,17,25H,3,16,18-19H2,1-2H3,(H,29,34). The number of nitro groups is 1. The lowest BCUT2D eigenvalue weighted by Crippen LogP contribution is -2.53. The minimum Gasteiger partial charge on any atom is -0.355 e. The number of halogens is 1. The summed E-state index contributed by atoms with van der Waals surface area (Å²) < 4.78 is 26.3. The van der Waals surface area contributed by atoms with Gasteiger partial charge in [-0.1, -0.05) is 66.2 Å². The molecule has 0 saturated heterocycles. The lowest BCUT2D eigenvalue weighted by Gasteiger charge is -2.33. The average Bonchev–Trinajstić information content (AvgIpc) is 2.90. The zero-order valence-electron chi connectivity index (χ0n) is 21.5. The summed E-state index contributed by atoms with van der Waals surface area (Å²) in [5, 5.41) is 14.4. The summed E-state index contributed by atoms with van der Waals surface area (Å²) in [6, 6.07) is 20.0. The number of hydrogen-bond donors (Lipinski definition) is 1. The maximum atomic E-state index is 13.9. The van der Waals surface area contributed by atoms with Crippen molar-refractivity contribution in [2.24, 2.45) is 0 Å². The Balaban J connectivity index is 2.07. The summed E-state index contributed by atoms with van der Waals surface area (Å²) in [6.07, 6.45) is 1.07. The smallest absolute Gasteiger partial charge is 0.271 e. The van der Waals surface area contributed by atoms with Crippen LogP contribution in [0, 0.1) is 10.1 Å². The molecule has 3 rings (SSSR count). The van der Waals surface area contributed by atoms with Crippen molar-refractivity contribution in [2.45, 2.75) is 25.9 Å². The zero-order chi connectivity index (χ0) is 28.6. The fourth-order valence-corrected chi connectivity index (χ4v) is 5.07. The number of nitrogens with zero attached hydrogens (tertiary/aromatic N) is 3. The Morgan fingerprint density at radius 3 is 2.31 bits per heavy atom. The highest BCUT2D eigenvalue weighted by Crippen LogP contribution is 2.25. The van der Waals surface area contributed by atoms with Gasteiger partial charge in [0.1, 0.15) is 12.6 Å². The second-order valence-electron chi connectivity index (χ2n) is 8.76. The number of non-ortho nitro benzene ring substituents is 1. The van der Waals surface area contributed by atoms with Gasteiger partial charge in [-0.2, -0.15) is 0 Å². The number of carbonyl (C=O) groups is 2. The van der Waals surface area contributed by atoms with E-state index in [1.165, 1.54) is 23.1 Å². The van der Waals surface area contributed by atoms with E-state index in [1.54, 1.807) is 31.2 Å². The number of nitrogens with one attached hydrogen (secondary N) is 1. The molecule has 0 aliphatic carbocycles. The van der Waals surface area contributed by atoms with Crippen LogP contribution in [0.1, 0.15) is 18.1 Å². The third kappa shape index (κ3) is 8.01. The molecule has 0 saturated carbocycles. The maximum absolute atomic E-state index is 13.9. The highest BCUT2D eigenvalue weighted by Gasteiger charge is 2.33. The van der Waals surface area contributed by atoms with Gasteiger partial charge in [0.25, 0.3) is 5.69 Å². The number of carbonyl (C=O) groups excluding carboxylic acids is 2. The van der Waals surface area contributed by atoms with Gasteiger partial charge in [-0.15, -0.1) is 0 Å². The van der Waals surface area contributed by atoms with Crippen molar-refractivity contribution in [3.63, 3.8) is 0 Å². The fraction of sp³-hybridized carbons (Fsp3) is 0.259. The molecule has 1 atom stereocenters. The Labute approximate surface area is 232 Å². The zero-order valence-corrected chi connectivity index (χ0v) is 23.1. The van der Waals surface area contributed by atoms with Gasteiger partial charge >= 0.3 is 0 Å². The predicted octanol–water partition coefficient (Wildman–Crippen LogP) is 3.79. The summed E-state index contributed by atoms with van der Waals surface area (Å²) in [5.41, 5.74) is 0.988. The van der Waals surface area contributed by atoms with E-state index >= 15 is 0 Å². The molecule has 10 nitrogen and oxygen atoms in total. The molecule has 39 heavy (non-hydrogen) atoms. The number of sulfonamides is 1. The van der Waals surface area contributed by atoms with Crippen molar-refractivity contribution in [1.29, 1.82) is 0 Å². The predicted molar refractivity (Wildman–Crippen MR) is 150 cm³/mol. The first-order valence-electron chi connectivity index (χ1n) is 12.1. The Bertz CT molecular complexity index is 1430. The number of rotatable bonds is 12. The van der Waals surface area contributed by atoms with E-state index in [2.05, 4.69) is 5.32 Å². The number of amides is 2. The van der Waals surface area contributed by atoms with Crippen LogP contribution in [-0.2, 0) is 32.6 Å². The number of nitro benzene ring substituents is 1. The van der Waals surface area contributed by atoms with Crippen molar-refractivity contribution in [3.05, 3.63) is 105 Å². The van der Waals surface area contributed by atoms with E-state index in [0.29, 0.717) is 17.1 Å². The van der Waals surface area contributed by atoms with E-state index in [0.717, 1.165) is 22.2 Å². The van der Waals surface area contributed by atoms with Gasteiger partial charge in [0.2, 0.25) is 21.8 Å². The van der Waals surface area contributed by atoms with Crippen LogP contribution in [0.3, 0.4) is 0 Å². The van der Waals surface area contributed by atoms with Crippen molar-refractivity contribution >= 4 is 44.8 Å². The van der Waals surface area contributed by atoms with Crippen molar-refractivity contribution in [2.75, 3.05) is 23.7 Å². The molecular weight excluding hydrogens is 544 g/mol. The van der Waals surface area contributed by atoms with E-state index in [9.17, 15) is 28.1 Å². The Kier molecular flexibility index (Phi) is 10.0. The molecule has 0 aromatic heterocycles. The maximum Gasteiger partial charge on any atom is 0.271 e. The first kappa shape index (κ1) is 29.6. The second-order valence-corrected chi connectivity index (χ2v) is 11.1. The Morgan fingerprint density at radius 1 is 1.03 bits per heavy atom. The highest BCUT2D eigenvalue weighted by atomic mass is 35.5. The molecule has 12 heteroatoms. The van der Waals surface area contributed by atoms with Crippen molar-refractivity contribution < 1.29 is 22.9 Å². The average molecular weight is 573 g/mol. The van der Waals surface area contributed by atoms with E-state index in [-0.39, 0.29) is 24.3 Å². The molecule has 0 aliphatic rings. The van der Waals surface area contributed by atoms with Crippen LogP contribution in [0.15, 0.2) is 78.9 Å². The number of hydrogen-bond acceptors (Lipinski definition) is 6. The Morgan fingerprint density at radius 2 is 1.69 bits per heavy atom. The summed E-state index contributed by atoms with van der Waals surface area (Å²) in [4.78, 5) is 39.2. The van der Waals surface area contributed by atoms with Gasteiger partial charge in [0, 0.05) is 36.7 Å². The molecule has 3 aromatic rings. The summed E-state index contributed by atoms with van der Waals surface area (Å²) >= 11 is 6.39. The van der Waals surface area contributed by atoms with Crippen LogP contribution in [0.25, 0.3) is 0 Å². The minimum absolute atomic E-state index is 0.0460. The van der Waals surface area contributed by atoms with Gasteiger partial charge in [-0.05, 0) is 30.2 Å². The third-order valence-electron chi connectivity index (χ3n) is 5.93. The topological polar surface area (TPSA) is 130 Å². The SMILES string of the molecule is CCNC(=O)C(Cc1ccccc1)N(Cc1ccccc1Cl)C(=O)CN(c1cccc([N+](=O)[O-])c1)S(C)(=O)=O. The lowest BCUT2D eigenvalue weighted by molar-refractivity contribution is -0.384. The molecule has 0 aliphatic heterocycles. The fourth-order valence-electron chi connectivity index (χ4n) is 4.03. The van der Waals surface area contributed by atoms with Crippen molar-refractivity contribution in [1.82, 2.24) is 10.2 Å². The normalized spacial score (nSPS) is 11.9. The molecule has 0 heterocycles. The molecule has 0 radical (unpaired) electrons. The molecule has 0 bridgehead atoms. The number of likely N-dealkylation sites (N-methyl/N-ethyl adjacent to an activating group) is 1. The first-order chi connectivity index (χ1) is 18.5. The van der Waals surface area contributed by atoms with Gasteiger partial charge < -0.3 is 10.2 Å². The van der Waals surface area contributed by atoms with Crippen LogP contribution in [0.4, 0.5) is 11.4 Å². The minimum atomic E-state index is -4.05. The molecule has 0 spiro atoms. The van der Waals surface area contributed by atoms with Crippen molar-refractivity contribution in [3.8, 4) is 0 Å². The van der Waals surface area contributed by atoms with Gasteiger partial charge in [0.15, 0.2) is 0 Å².